The van der Waals surface area contributed by atoms with Gasteiger partial charge in [0.15, 0.2) is 5.82 Å². The smallest absolute Gasteiger partial charge is 0.242 e. The first-order valence-electron chi connectivity index (χ1n) is 8.38. The Bertz CT molecular complexity index is 464. The van der Waals surface area contributed by atoms with Gasteiger partial charge in [-0.1, -0.05) is 13.3 Å². The van der Waals surface area contributed by atoms with Crippen LogP contribution in [0.3, 0.4) is 0 Å². The Labute approximate surface area is 132 Å². The lowest BCUT2D eigenvalue weighted by Gasteiger charge is -2.13. The molecule has 0 bridgehead atoms. The summed E-state index contributed by atoms with van der Waals surface area (Å²) < 4.78 is 11.1. The monoisotopic (exact) mass is 308 g/mol. The Morgan fingerprint density at radius 1 is 1.18 bits per heavy atom. The lowest BCUT2D eigenvalue weighted by atomic mass is 10.3. The minimum Gasteiger partial charge on any atom is -0.476 e. The van der Waals surface area contributed by atoms with Crippen LogP contribution in [0.1, 0.15) is 57.7 Å². The molecule has 22 heavy (non-hydrogen) atoms. The van der Waals surface area contributed by atoms with Crippen molar-refractivity contribution in [1.29, 1.82) is 0 Å². The summed E-state index contributed by atoms with van der Waals surface area (Å²) in [6.07, 6.45) is 5.52. The predicted octanol–water partition coefficient (Wildman–Crippen LogP) is 2.95. The molecule has 6 heteroatoms. The van der Waals surface area contributed by atoms with Crippen molar-refractivity contribution in [3.05, 3.63) is 5.82 Å². The van der Waals surface area contributed by atoms with Crippen LogP contribution in [0, 0.1) is 0 Å². The number of nitrogens with two attached hydrogens (primary N) is 1. The van der Waals surface area contributed by atoms with Gasteiger partial charge in [-0.15, -0.1) is 0 Å². The molecular weight excluding hydrogens is 280 g/mol. The molecule has 3 N–H and O–H groups in total. The fourth-order valence-electron chi connectivity index (χ4n) is 2.10. The highest BCUT2D eigenvalue weighted by molar-refractivity contribution is 5.67. The summed E-state index contributed by atoms with van der Waals surface area (Å²) in [4.78, 5) is 9.00. The molecule has 0 radical (unpaired) electrons. The Morgan fingerprint density at radius 2 is 1.95 bits per heavy atom. The summed E-state index contributed by atoms with van der Waals surface area (Å²) in [5.74, 6) is 2.51. The molecule has 1 aromatic heterocycles. The van der Waals surface area contributed by atoms with Crippen molar-refractivity contribution in [3.8, 4) is 5.88 Å². The van der Waals surface area contributed by atoms with Crippen molar-refractivity contribution in [2.75, 3.05) is 37.4 Å². The van der Waals surface area contributed by atoms with Crippen LogP contribution in [0.4, 0.5) is 11.5 Å². The molecule has 0 unspecified atom stereocenters. The number of aromatic nitrogens is 2. The number of unbranched alkanes of at least 4 members (excludes halogenated alkanes) is 1. The van der Waals surface area contributed by atoms with Crippen LogP contribution >= 0.6 is 0 Å². The van der Waals surface area contributed by atoms with Crippen LogP contribution in [-0.2, 0) is 4.74 Å². The minimum absolute atomic E-state index is 0.470. The van der Waals surface area contributed by atoms with E-state index in [-0.39, 0.29) is 0 Å². The molecule has 1 heterocycles. The third-order valence-electron chi connectivity index (χ3n) is 3.55. The van der Waals surface area contributed by atoms with Crippen LogP contribution in [0.2, 0.25) is 0 Å². The Morgan fingerprint density at radius 3 is 2.64 bits per heavy atom. The summed E-state index contributed by atoms with van der Waals surface area (Å²) in [6.45, 7) is 7.02. The number of hydrogen-bond acceptors (Lipinski definition) is 6. The third-order valence-corrected chi connectivity index (χ3v) is 3.55. The molecule has 0 amide bonds. The van der Waals surface area contributed by atoms with Gasteiger partial charge < -0.3 is 20.5 Å². The first kappa shape index (κ1) is 16.8. The number of nitrogen functional groups attached to an aromatic ring is 1. The van der Waals surface area contributed by atoms with Gasteiger partial charge in [-0.25, -0.2) is 4.98 Å². The molecule has 1 saturated carbocycles. The van der Waals surface area contributed by atoms with Crippen LogP contribution in [0.15, 0.2) is 0 Å². The zero-order valence-corrected chi connectivity index (χ0v) is 13.7. The molecule has 1 aliphatic rings. The van der Waals surface area contributed by atoms with Gasteiger partial charge in [-0.05, 0) is 32.6 Å². The molecule has 0 atom stereocenters. The second-order valence-corrected chi connectivity index (χ2v) is 5.60. The quantitative estimate of drug-likeness (QED) is 0.612. The number of hydrogen-bond donors (Lipinski definition) is 2. The lowest BCUT2D eigenvalue weighted by molar-refractivity contribution is 0.131. The van der Waals surface area contributed by atoms with E-state index in [1.165, 1.54) is 6.42 Å². The second-order valence-electron chi connectivity index (χ2n) is 5.60. The van der Waals surface area contributed by atoms with Gasteiger partial charge in [0.05, 0.1) is 6.61 Å². The zero-order chi connectivity index (χ0) is 15.8. The van der Waals surface area contributed by atoms with E-state index in [0.717, 1.165) is 51.3 Å². The van der Waals surface area contributed by atoms with E-state index < -0.39 is 0 Å². The average Bonchev–Trinajstić information content (AvgIpc) is 3.34. The minimum atomic E-state index is 0.470. The molecular formula is C16H28N4O2. The zero-order valence-electron chi connectivity index (χ0n) is 13.7. The molecule has 1 aliphatic carbocycles. The Balaban J connectivity index is 1.86. The summed E-state index contributed by atoms with van der Waals surface area (Å²) >= 11 is 0. The topological polar surface area (TPSA) is 82.3 Å². The average molecular weight is 308 g/mol. The largest absolute Gasteiger partial charge is 0.476 e. The molecule has 0 aromatic carbocycles. The van der Waals surface area contributed by atoms with E-state index >= 15 is 0 Å². The van der Waals surface area contributed by atoms with Gasteiger partial charge >= 0.3 is 0 Å². The van der Waals surface area contributed by atoms with Crippen LogP contribution < -0.4 is 15.8 Å². The maximum Gasteiger partial charge on any atom is 0.242 e. The van der Waals surface area contributed by atoms with Crippen molar-refractivity contribution in [2.45, 2.75) is 51.9 Å². The third kappa shape index (κ3) is 5.02. The molecule has 1 fully saturated rings. The lowest BCUT2D eigenvalue weighted by Crippen LogP contribution is -2.12. The Hall–Kier alpha value is -1.56. The molecule has 0 saturated heterocycles. The van der Waals surface area contributed by atoms with Crippen molar-refractivity contribution in [1.82, 2.24) is 9.97 Å². The van der Waals surface area contributed by atoms with E-state index in [1.54, 1.807) is 0 Å². The number of nitrogens with zero attached hydrogens (tertiary/aromatic N) is 2. The number of ether oxygens (including phenoxy) is 2. The maximum absolute atomic E-state index is 6.10. The highest BCUT2D eigenvalue weighted by Crippen LogP contribution is 2.40. The van der Waals surface area contributed by atoms with Gasteiger partial charge in [-0.2, -0.15) is 4.98 Å². The number of anilines is 2. The van der Waals surface area contributed by atoms with Gasteiger partial charge in [0, 0.05) is 25.7 Å². The second kappa shape index (κ2) is 8.78. The first-order valence-corrected chi connectivity index (χ1v) is 8.38. The van der Waals surface area contributed by atoms with Gasteiger partial charge in [0.2, 0.25) is 5.88 Å². The van der Waals surface area contributed by atoms with Crippen molar-refractivity contribution < 1.29 is 9.47 Å². The van der Waals surface area contributed by atoms with E-state index in [4.69, 9.17) is 15.2 Å². The molecule has 1 aromatic rings. The number of nitrogens with one attached hydrogen (secondary N) is 1. The highest BCUT2D eigenvalue weighted by atomic mass is 16.5. The first-order chi connectivity index (χ1) is 10.8. The molecule has 0 aliphatic heterocycles. The summed E-state index contributed by atoms with van der Waals surface area (Å²) in [5.41, 5.74) is 6.59. The van der Waals surface area contributed by atoms with E-state index in [2.05, 4.69) is 22.2 Å². The van der Waals surface area contributed by atoms with Gasteiger partial charge in [-0.3, -0.25) is 0 Å². The van der Waals surface area contributed by atoms with Crippen LogP contribution in [0.25, 0.3) is 0 Å². The SMILES string of the molecule is CCCCOCCCNc1nc(C2CC2)nc(OCC)c1N. The fraction of sp³-hybridized carbons (Fsp3) is 0.750. The Kier molecular flexibility index (Phi) is 6.71. The molecule has 124 valence electrons. The predicted molar refractivity (Wildman–Crippen MR) is 88.4 cm³/mol. The van der Waals surface area contributed by atoms with E-state index in [1.807, 2.05) is 6.92 Å². The maximum atomic E-state index is 6.10. The summed E-state index contributed by atoms with van der Waals surface area (Å²) in [5, 5.41) is 3.29. The van der Waals surface area contributed by atoms with Gasteiger partial charge in [0.1, 0.15) is 11.5 Å². The van der Waals surface area contributed by atoms with E-state index in [9.17, 15) is 0 Å². The standard InChI is InChI=1S/C16H28N4O2/c1-3-5-10-21-11-6-9-18-15-13(17)16(22-4-2)20-14(19-15)12-7-8-12/h12H,3-11,17H2,1-2H3,(H,18,19,20). The van der Waals surface area contributed by atoms with Crippen molar-refractivity contribution in [2.24, 2.45) is 0 Å². The normalized spacial score (nSPS) is 14.1. The van der Waals surface area contributed by atoms with Crippen LogP contribution in [-0.4, -0.2) is 36.3 Å². The summed E-state index contributed by atoms with van der Waals surface area (Å²) in [6, 6.07) is 0. The fourth-order valence-corrected chi connectivity index (χ4v) is 2.10. The number of rotatable bonds is 11. The van der Waals surface area contributed by atoms with Gasteiger partial charge in [0.25, 0.3) is 0 Å². The van der Waals surface area contributed by atoms with Crippen molar-refractivity contribution >= 4 is 11.5 Å². The molecule has 2 rings (SSSR count). The highest BCUT2D eigenvalue weighted by Gasteiger charge is 2.28. The molecule has 0 spiro atoms. The molecule has 6 nitrogen and oxygen atoms in total. The summed E-state index contributed by atoms with van der Waals surface area (Å²) in [7, 11) is 0. The van der Waals surface area contributed by atoms with Crippen molar-refractivity contribution in [3.63, 3.8) is 0 Å². The van der Waals surface area contributed by atoms with Crippen LogP contribution in [0.5, 0.6) is 5.88 Å². The van der Waals surface area contributed by atoms with E-state index in [0.29, 0.717) is 29.9 Å².